The second-order valence-electron chi connectivity index (χ2n) is 8.47. The monoisotopic (exact) mass is 432 g/mol. The van der Waals surface area contributed by atoms with Crippen molar-refractivity contribution in [1.82, 2.24) is 14.5 Å². The molecule has 1 fully saturated rings. The molecule has 1 N–H and O–H groups in total. The van der Waals surface area contributed by atoms with Crippen LogP contribution in [0.2, 0.25) is 0 Å². The van der Waals surface area contributed by atoms with Crippen LogP contribution >= 0.6 is 0 Å². The number of aromatic nitrogens is 3. The van der Waals surface area contributed by atoms with Crippen LogP contribution in [-0.2, 0) is 4.79 Å². The van der Waals surface area contributed by atoms with Gasteiger partial charge in [0, 0.05) is 37.7 Å². The minimum atomic E-state index is -0.137. The van der Waals surface area contributed by atoms with E-state index in [9.17, 15) is 4.79 Å². The first-order chi connectivity index (χ1) is 15.5. The van der Waals surface area contributed by atoms with Crippen LogP contribution in [0, 0.1) is 6.92 Å². The molecule has 8 nitrogen and oxygen atoms in total. The van der Waals surface area contributed by atoms with Crippen molar-refractivity contribution in [2.45, 2.75) is 38.6 Å². The number of carbonyl (C=O) groups is 1. The number of amides is 1. The summed E-state index contributed by atoms with van der Waals surface area (Å²) in [5.41, 5.74) is 3.74. The Morgan fingerprint density at radius 3 is 2.81 bits per heavy atom. The van der Waals surface area contributed by atoms with Crippen LogP contribution in [-0.4, -0.2) is 47.2 Å². The number of nitrogens with one attached hydrogen (secondary N) is 1. The van der Waals surface area contributed by atoms with E-state index in [1.54, 1.807) is 18.2 Å². The fourth-order valence-electron chi connectivity index (χ4n) is 4.59. The number of hydrogen-bond donors (Lipinski definition) is 1. The fourth-order valence-corrected chi connectivity index (χ4v) is 4.59. The predicted molar refractivity (Wildman–Crippen MR) is 125 cm³/mol. The van der Waals surface area contributed by atoms with Crippen LogP contribution in [0.5, 0.6) is 5.75 Å². The second kappa shape index (κ2) is 8.18. The number of benzene rings is 1. The lowest BCUT2D eigenvalue weighted by Gasteiger charge is -2.39. The molecule has 1 atom stereocenters. The lowest BCUT2D eigenvalue weighted by Crippen LogP contribution is -2.52. The average Bonchev–Trinajstić information content (AvgIpc) is 3.08. The van der Waals surface area contributed by atoms with Crippen molar-refractivity contribution >= 4 is 29.0 Å². The SMILES string of the molecule is COc1cc(Nc2ncc3c(n2)N2CCCCCC2C(=O)N3C)ccc1-n1ccc(C)c1. The van der Waals surface area contributed by atoms with E-state index in [-0.39, 0.29) is 11.9 Å². The number of likely N-dealkylation sites (N-methyl/N-ethyl adjacent to an activating group) is 1. The summed E-state index contributed by atoms with van der Waals surface area (Å²) < 4.78 is 7.68. The third-order valence-electron chi connectivity index (χ3n) is 6.31. The van der Waals surface area contributed by atoms with E-state index in [1.807, 2.05) is 36.0 Å². The van der Waals surface area contributed by atoms with Gasteiger partial charge in [-0.2, -0.15) is 4.98 Å². The zero-order valence-electron chi connectivity index (χ0n) is 18.7. The highest BCUT2D eigenvalue weighted by molar-refractivity contribution is 6.04. The summed E-state index contributed by atoms with van der Waals surface area (Å²) in [7, 11) is 3.48. The molecule has 1 saturated heterocycles. The highest BCUT2D eigenvalue weighted by atomic mass is 16.5. The van der Waals surface area contributed by atoms with Crippen molar-refractivity contribution in [3.63, 3.8) is 0 Å². The van der Waals surface area contributed by atoms with Gasteiger partial charge < -0.3 is 24.4 Å². The minimum Gasteiger partial charge on any atom is -0.494 e. The summed E-state index contributed by atoms with van der Waals surface area (Å²) >= 11 is 0. The molecule has 3 aromatic rings. The van der Waals surface area contributed by atoms with Crippen molar-refractivity contribution < 1.29 is 9.53 Å². The first kappa shape index (κ1) is 20.4. The minimum absolute atomic E-state index is 0.129. The number of carbonyl (C=O) groups excluding carboxylic acids is 1. The number of fused-ring (bicyclic) bond motifs is 3. The first-order valence-electron chi connectivity index (χ1n) is 11.1. The zero-order chi connectivity index (χ0) is 22.2. The molecule has 32 heavy (non-hydrogen) atoms. The maximum atomic E-state index is 12.9. The largest absolute Gasteiger partial charge is 0.494 e. The van der Waals surface area contributed by atoms with E-state index in [4.69, 9.17) is 9.72 Å². The molecule has 1 aromatic carbocycles. The van der Waals surface area contributed by atoms with Crippen LogP contribution in [0.1, 0.15) is 31.2 Å². The molecule has 4 heterocycles. The molecule has 0 spiro atoms. The van der Waals surface area contributed by atoms with Crippen molar-refractivity contribution in [2.75, 3.05) is 35.8 Å². The Hall–Kier alpha value is -3.55. The molecule has 2 aliphatic rings. The third-order valence-corrected chi connectivity index (χ3v) is 6.31. The van der Waals surface area contributed by atoms with E-state index in [2.05, 4.69) is 34.4 Å². The van der Waals surface area contributed by atoms with Crippen molar-refractivity contribution in [2.24, 2.45) is 0 Å². The molecule has 2 aromatic heterocycles. The van der Waals surface area contributed by atoms with Gasteiger partial charge in [-0.15, -0.1) is 0 Å². The van der Waals surface area contributed by atoms with Gasteiger partial charge in [0.1, 0.15) is 17.5 Å². The van der Waals surface area contributed by atoms with Gasteiger partial charge in [-0.05, 0) is 43.5 Å². The maximum absolute atomic E-state index is 12.9. The smallest absolute Gasteiger partial charge is 0.249 e. The number of ether oxygens (including phenoxy) is 1. The topological polar surface area (TPSA) is 75.5 Å². The highest BCUT2D eigenvalue weighted by Gasteiger charge is 2.38. The summed E-state index contributed by atoms with van der Waals surface area (Å²) in [4.78, 5) is 26.0. The molecule has 0 saturated carbocycles. The Morgan fingerprint density at radius 2 is 2.03 bits per heavy atom. The van der Waals surface area contributed by atoms with E-state index in [0.29, 0.717) is 5.95 Å². The number of aryl methyl sites for hydroxylation is 1. The van der Waals surface area contributed by atoms with Crippen LogP contribution < -0.4 is 19.9 Å². The lowest BCUT2D eigenvalue weighted by molar-refractivity contribution is -0.120. The Morgan fingerprint density at radius 1 is 1.16 bits per heavy atom. The summed E-state index contributed by atoms with van der Waals surface area (Å²) in [6.45, 7) is 2.90. The van der Waals surface area contributed by atoms with Crippen molar-refractivity contribution in [1.29, 1.82) is 0 Å². The number of anilines is 4. The van der Waals surface area contributed by atoms with Crippen LogP contribution in [0.3, 0.4) is 0 Å². The molecule has 0 radical (unpaired) electrons. The molecule has 0 aliphatic carbocycles. The maximum Gasteiger partial charge on any atom is 0.249 e. The van der Waals surface area contributed by atoms with Crippen LogP contribution in [0.4, 0.5) is 23.1 Å². The lowest BCUT2D eigenvalue weighted by atomic mass is 10.1. The molecule has 1 amide bonds. The molecule has 5 rings (SSSR count). The molecule has 2 aliphatic heterocycles. The van der Waals surface area contributed by atoms with Crippen LogP contribution in [0.15, 0.2) is 42.9 Å². The average molecular weight is 433 g/mol. The summed E-state index contributed by atoms with van der Waals surface area (Å²) in [6, 6.07) is 7.86. The van der Waals surface area contributed by atoms with Gasteiger partial charge in [0.15, 0.2) is 5.82 Å². The summed E-state index contributed by atoms with van der Waals surface area (Å²) in [6.07, 6.45) is 9.96. The van der Waals surface area contributed by atoms with Gasteiger partial charge in [0.25, 0.3) is 0 Å². The Labute approximate surface area is 187 Å². The van der Waals surface area contributed by atoms with Gasteiger partial charge >= 0.3 is 0 Å². The number of nitrogens with zero attached hydrogens (tertiary/aromatic N) is 5. The molecule has 166 valence electrons. The number of methoxy groups -OCH3 is 1. The van der Waals surface area contributed by atoms with Crippen molar-refractivity contribution in [3.05, 3.63) is 48.4 Å². The van der Waals surface area contributed by atoms with E-state index < -0.39 is 0 Å². The Bertz CT molecular complexity index is 1160. The number of rotatable bonds is 4. The summed E-state index contributed by atoms with van der Waals surface area (Å²) in [5.74, 6) is 2.20. The first-order valence-corrected chi connectivity index (χ1v) is 11.1. The van der Waals surface area contributed by atoms with E-state index in [1.165, 1.54) is 5.56 Å². The quantitative estimate of drug-likeness (QED) is 0.670. The predicted octanol–water partition coefficient (Wildman–Crippen LogP) is 4.05. The van der Waals surface area contributed by atoms with E-state index in [0.717, 1.165) is 60.9 Å². The Kier molecular flexibility index (Phi) is 5.20. The second-order valence-corrected chi connectivity index (χ2v) is 8.47. The molecule has 1 unspecified atom stereocenters. The fraction of sp³-hybridized carbons (Fsp3) is 0.375. The molecular formula is C24H28N6O2. The normalized spacial score (nSPS) is 18.1. The van der Waals surface area contributed by atoms with Gasteiger partial charge in [0.2, 0.25) is 11.9 Å². The standard InChI is InChI=1S/C24H28N6O2/c1-16-10-12-29(15-16)18-9-8-17(13-21(18)32-3)26-24-25-14-20-22(27-24)30-11-6-4-5-7-19(30)23(31)28(20)2/h8-10,12-15,19H,4-7,11H2,1-3H3,(H,25,26,27). The zero-order valence-corrected chi connectivity index (χ0v) is 18.7. The van der Waals surface area contributed by atoms with Gasteiger partial charge in [-0.25, -0.2) is 4.98 Å². The molecule has 8 heteroatoms. The Balaban J connectivity index is 1.46. The van der Waals surface area contributed by atoms with Crippen LogP contribution in [0.25, 0.3) is 5.69 Å². The number of hydrogen-bond acceptors (Lipinski definition) is 6. The highest BCUT2D eigenvalue weighted by Crippen LogP contribution is 2.37. The third kappa shape index (κ3) is 3.55. The van der Waals surface area contributed by atoms with Gasteiger partial charge in [-0.3, -0.25) is 4.79 Å². The molecule has 0 bridgehead atoms. The van der Waals surface area contributed by atoms with Crippen molar-refractivity contribution in [3.8, 4) is 11.4 Å². The van der Waals surface area contributed by atoms with Gasteiger partial charge in [0.05, 0.1) is 19.0 Å². The molecular weight excluding hydrogens is 404 g/mol. The van der Waals surface area contributed by atoms with E-state index >= 15 is 0 Å². The van der Waals surface area contributed by atoms with Gasteiger partial charge in [-0.1, -0.05) is 12.8 Å². The summed E-state index contributed by atoms with van der Waals surface area (Å²) in [5, 5.41) is 3.31.